The quantitative estimate of drug-likeness (QED) is 0.655. The van der Waals surface area contributed by atoms with E-state index in [4.69, 9.17) is 4.74 Å². The van der Waals surface area contributed by atoms with Crippen molar-refractivity contribution in [1.82, 2.24) is 10.3 Å². The fourth-order valence-corrected chi connectivity index (χ4v) is 4.48. The molecule has 4 nitrogen and oxygen atoms in total. The average molecular weight is 418 g/mol. The summed E-state index contributed by atoms with van der Waals surface area (Å²) in [4.78, 5) is 8.19. The molecule has 0 aliphatic carbocycles. The number of H-pyrrole nitrogens is 1. The average Bonchev–Trinajstić information content (AvgIpc) is 3.04. The summed E-state index contributed by atoms with van der Waals surface area (Å²) >= 11 is 5.35. The van der Waals surface area contributed by atoms with Gasteiger partial charge in [0.1, 0.15) is 5.75 Å². The molecule has 2 aromatic carbocycles. The number of hydrogen-bond acceptors (Lipinski definition) is 4. The van der Waals surface area contributed by atoms with E-state index >= 15 is 0 Å². The van der Waals surface area contributed by atoms with Crippen LogP contribution in [-0.2, 0) is 0 Å². The van der Waals surface area contributed by atoms with Crippen LogP contribution in [0.2, 0.25) is 0 Å². The van der Waals surface area contributed by atoms with Crippen LogP contribution in [0.4, 0.5) is 5.69 Å². The first kappa shape index (κ1) is 16.8. The number of anilines is 1. The second-order valence-electron chi connectivity index (χ2n) is 6.02. The van der Waals surface area contributed by atoms with Crippen LogP contribution in [0.15, 0.2) is 56.9 Å². The van der Waals surface area contributed by atoms with Gasteiger partial charge in [0.05, 0.1) is 12.8 Å². The highest BCUT2D eigenvalue weighted by Crippen LogP contribution is 2.39. The van der Waals surface area contributed by atoms with E-state index in [1.54, 1.807) is 18.9 Å². The molecule has 6 heteroatoms. The van der Waals surface area contributed by atoms with E-state index in [2.05, 4.69) is 73.7 Å². The zero-order chi connectivity index (χ0) is 17.2. The van der Waals surface area contributed by atoms with E-state index in [-0.39, 0.29) is 0 Å². The second-order valence-corrected chi connectivity index (χ2v) is 8.05. The molecule has 0 spiro atoms. The van der Waals surface area contributed by atoms with Gasteiger partial charge in [0.2, 0.25) is 0 Å². The van der Waals surface area contributed by atoms with Crippen molar-refractivity contribution in [1.29, 1.82) is 0 Å². The normalized spacial score (nSPS) is 14.9. The summed E-state index contributed by atoms with van der Waals surface area (Å²) in [7, 11) is 1.74. The number of benzene rings is 2. The molecule has 0 radical (unpaired) electrons. The van der Waals surface area contributed by atoms with E-state index in [0.717, 1.165) is 41.9 Å². The maximum atomic E-state index is 5.59. The fourth-order valence-electron chi connectivity index (χ4n) is 3.16. The highest BCUT2D eigenvalue weighted by atomic mass is 79.9. The number of nitrogens with zero attached hydrogens (tertiary/aromatic N) is 1. The number of rotatable bonds is 4. The number of hydrogen-bond donors (Lipinski definition) is 2. The Morgan fingerprint density at radius 3 is 2.76 bits per heavy atom. The van der Waals surface area contributed by atoms with Crippen molar-refractivity contribution in [3.05, 3.63) is 47.1 Å². The molecule has 2 N–H and O–H groups in total. The van der Waals surface area contributed by atoms with Crippen LogP contribution in [0.25, 0.3) is 10.9 Å². The number of piperazine rings is 1. The molecule has 3 aromatic rings. The van der Waals surface area contributed by atoms with Gasteiger partial charge in [-0.2, -0.15) is 0 Å². The highest BCUT2D eigenvalue weighted by molar-refractivity contribution is 9.10. The van der Waals surface area contributed by atoms with Crippen molar-refractivity contribution in [3.8, 4) is 5.75 Å². The van der Waals surface area contributed by atoms with Gasteiger partial charge in [0.25, 0.3) is 0 Å². The Morgan fingerprint density at radius 2 is 1.96 bits per heavy atom. The van der Waals surface area contributed by atoms with E-state index in [1.165, 1.54) is 20.9 Å². The van der Waals surface area contributed by atoms with E-state index in [9.17, 15) is 0 Å². The van der Waals surface area contributed by atoms with E-state index in [1.807, 2.05) is 0 Å². The van der Waals surface area contributed by atoms with E-state index in [0.29, 0.717) is 0 Å². The van der Waals surface area contributed by atoms with Crippen molar-refractivity contribution in [2.75, 3.05) is 38.2 Å². The molecule has 1 aliphatic heterocycles. The predicted molar refractivity (Wildman–Crippen MR) is 108 cm³/mol. The Bertz CT molecular complexity index is 890. The first-order valence-electron chi connectivity index (χ1n) is 8.33. The Kier molecular flexibility index (Phi) is 4.92. The van der Waals surface area contributed by atoms with Crippen LogP contribution >= 0.6 is 27.7 Å². The third kappa shape index (κ3) is 3.52. The van der Waals surface area contributed by atoms with Crippen LogP contribution in [0.5, 0.6) is 5.75 Å². The van der Waals surface area contributed by atoms with Gasteiger partial charge < -0.3 is 19.9 Å². The van der Waals surface area contributed by atoms with Crippen LogP contribution in [0, 0.1) is 0 Å². The minimum absolute atomic E-state index is 0.938. The second kappa shape index (κ2) is 7.32. The Hall–Kier alpha value is -1.63. The largest absolute Gasteiger partial charge is 0.495 e. The van der Waals surface area contributed by atoms with Crippen molar-refractivity contribution < 1.29 is 4.74 Å². The van der Waals surface area contributed by atoms with Crippen LogP contribution in [-0.4, -0.2) is 38.3 Å². The summed E-state index contributed by atoms with van der Waals surface area (Å²) in [6, 6.07) is 12.8. The van der Waals surface area contributed by atoms with Gasteiger partial charge in [-0.3, -0.25) is 0 Å². The van der Waals surface area contributed by atoms with Gasteiger partial charge in [-0.1, -0.05) is 27.7 Å². The molecule has 1 aliphatic rings. The van der Waals surface area contributed by atoms with Crippen molar-refractivity contribution in [2.45, 2.75) is 9.79 Å². The number of ether oxygens (including phenoxy) is 1. The zero-order valence-corrected chi connectivity index (χ0v) is 16.4. The van der Waals surface area contributed by atoms with Gasteiger partial charge in [0, 0.05) is 57.5 Å². The Balaban J connectivity index is 1.66. The van der Waals surface area contributed by atoms with Gasteiger partial charge in [-0.15, -0.1) is 0 Å². The van der Waals surface area contributed by atoms with Crippen LogP contribution < -0.4 is 15.0 Å². The first-order valence-corrected chi connectivity index (χ1v) is 9.94. The third-order valence-corrected chi connectivity index (χ3v) is 5.98. The molecule has 0 bridgehead atoms. The molecular weight excluding hydrogens is 398 g/mol. The van der Waals surface area contributed by atoms with E-state index < -0.39 is 0 Å². The molecule has 1 fully saturated rings. The molecule has 0 unspecified atom stereocenters. The summed E-state index contributed by atoms with van der Waals surface area (Å²) in [6.45, 7) is 4.03. The number of methoxy groups -OCH3 is 1. The lowest BCUT2D eigenvalue weighted by Gasteiger charge is -2.30. The SMILES string of the molecule is COc1ccc(Sc2c[nH]c3ccc(Br)cc23)cc1N1CCNCC1. The fraction of sp³-hybridized carbons (Fsp3) is 0.263. The highest BCUT2D eigenvalue weighted by Gasteiger charge is 2.16. The minimum Gasteiger partial charge on any atom is -0.495 e. The first-order chi connectivity index (χ1) is 12.2. The van der Waals surface area contributed by atoms with Crippen molar-refractivity contribution in [2.24, 2.45) is 0 Å². The van der Waals surface area contributed by atoms with Crippen LogP contribution in [0.1, 0.15) is 0 Å². The monoisotopic (exact) mass is 417 g/mol. The van der Waals surface area contributed by atoms with Crippen molar-refractivity contribution in [3.63, 3.8) is 0 Å². The lowest BCUT2D eigenvalue weighted by atomic mass is 10.2. The van der Waals surface area contributed by atoms with Crippen molar-refractivity contribution >= 4 is 44.3 Å². The number of halogens is 1. The minimum atomic E-state index is 0.938. The topological polar surface area (TPSA) is 40.3 Å². The molecule has 1 saturated heterocycles. The molecule has 130 valence electrons. The molecule has 0 amide bonds. The number of aromatic amines is 1. The standard InChI is InChI=1S/C19H20BrN3OS/c1-24-18-5-3-14(11-17(18)23-8-6-21-7-9-23)25-19-12-22-16-4-2-13(20)10-15(16)19/h2-5,10-12,21-22H,6-9H2,1H3. The number of aromatic nitrogens is 1. The summed E-state index contributed by atoms with van der Waals surface area (Å²) in [6.07, 6.45) is 2.08. The van der Waals surface area contributed by atoms with Gasteiger partial charge in [-0.05, 0) is 36.4 Å². The zero-order valence-electron chi connectivity index (χ0n) is 14.0. The maximum absolute atomic E-state index is 5.59. The lowest BCUT2D eigenvalue weighted by Crippen LogP contribution is -2.43. The Labute approximate surface area is 160 Å². The molecule has 4 rings (SSSR count). The van der Waals surface area contributed by atoms with Gasteiger partial charge in [-0.25, -0.2) is 0 Å². The molecule has 25 heavy (non-hydrogen) atoms. The molecule has 0 saturated carbocycles. The number of fused-ring (bicyclic) bond motifs is 1. The molecule has 2 heterocycles. The summed E-state index contributed by atoms with van der Waals surface area (Å²) in [5.74, 6) is 0.938. The molecule has 0 atom stereocenters. The van der Waals surface area contributed by atoms with Gasteiger partial charge >= 0.3 is 0 Å². The van der Waals surface area contributed by atoms with Gasteiger partial charge in [0.15, 0.2) is 0 Å². The number of nitrogens with one attached hydrogen (secondary N) is 2. The summed E-state index contributed by atoms with van der Waals surface area (Å²) < 4.78 is 6.69. The summed E-state index contributed by atoms with van der Waals surface area (Å²) in [5, 5.41) is 4.64. The lowest BCUT2D eigenvalue weighted by molar-refractivity contribution is 0.412. The smallest absolute Gasteiger partial charge is 0.142 e. The predicted octanol–water partition coefficient (Wildman–Crippen LogP) is 4.50. The third-order valence-electron chi connectivity index (χ3n) is 4.44. The maximum Gasteiger partial charge on any atom is 0.142 e. The molecular formula is C19H20BrN3OS. The summed E-state index contributed by atoms with van der Waals surface area (Å²) in [5.41, 5.74) is 2.33. The van der Waals surface area contributed by atoms with Crippen LogP contribution in [0.3, 0.4) is 0 Å². The molecule has 1 aromatic heterocycles. The Morgan fingerprint density at radius 1 is 1.12 bits per heavy atom.